The summed E-state index contributed by atoms with van der Waals surface area (Å²) in [5.74, 6) is -0.340. The van der Waals surface area contributed by atoms with Gasteiger partial charge in [0.05, 0.1) is 4.90 Å². The molecule has 1 heterocycles. The van der Waals surface area contributed by atoms with Crippen LogP contribution in [0.3, 0.4) is 0 Å². The molecule has 1 fully saturated rings. The van der Waals surface area contributed by atoms with Gasteiger partial charge in [-0.15, -0.1) is 0 Å². The molecule has 0 aliphatic carbocycles. The van der Waals surface area contributed by atoms with E-state index >= 15 is 0 Å². The van der Waals surface area contributed by atoms with Crippen LogP contribution in [0.15, 0.2) is 59.5 Å². The lowest BCUT2D eigenvalue weighted by atomic mass is 9.94. The molecule has 1 N–H and O–H groups in total. The molecule has 0 spiro atoms. The molecule has 0 atom stereocenters. The first kappa shape index (κ1) is 19.5. The van der Waals surface area contributed by atoms with E-state index in [1.807, 2.05) is 0 Å². The number of nitrogens with one attached hydrogen (secondary N) is 1. The number of piperidine rings is 1. The molecule has 0 aromatic heterocycles. The van der Waals surface area contributed by atoms with E-state index in [4.69, 9.17) is 0 Å². The van der Waals surface area contributed by atoms with Gasteiger partial charge in [0.25, 0.3) is 0 Å². The molecule has 2 aromatic carbocycles. The molecule has 7 heteroatoms. The van der Waals surface area contributed by atoms with Gasteiger partial charge in [0, 0.05) is 31.6 Å². The number of benzene rings is 2. The minimum Gasteiger partial charge on any atom is -0.352 e. The van der Waals surface area contributed by atoms with E-state index in [1.54, 1.807) is 48.5 Å². The maximum absolute atomic E-state index is 13.6. The topological polar surface area (TPSA) is 66.5 Å². The SMILES string of the molecule is O=C(CC1CCN(S(=O)(=O)c2ccccc2)CC1)NCc1ccccc1F. The molecular weight excluding hydrogens is 367 g/mol. The molecule has 0 unspecified atom stereocenters. The molecule has 144 valence electrons. The number of hydrogen-bond acceptors (Lipinski definition) is 3. The highest BCUT2D eigenvalue weighted by molar-refractivity contribution is 7.89. The second-order valence-electron chi connectivity index (χ2n) is 6.73. The van der Waals surface area contributed by atoms with Gasteiger partial charge in [0.2, 0.25) is 15.9 Å². The molecule has 0 radical (unpaired) electrons. The number of amides is 1. The number of halogens is 1. The number of nitrogens with zero attached hydrogens (tertiary/aromatic N) is 1. The summed E-state index contributed by atoms with van der Waals surface area (Å²) in [5.41, 5.74) is 0.453. The maximum atomic E-state index is 13.6. The van der Waals surface area contributed by atoms with Gasteiger partial charge in [-0.25, -0.2) is 12.8 Å². The summed E-state index contributed by atoms with van der Waals surface area (Å²) in [7, 11) is -3.47. The number of rotatable bonds is 6. The first-order chi connectivity index (χ1) is 13.0. The number of carbonyl (C=O) groups is 1. The van der Waals surface area contributed by atoms with Crippen molar-refractivity contribution in [1.29, 1.82) is 0 Å². The zero-order chi connectivity index (χ0) is 19.3. The van der Waals surface area contributed by atoms with Gasteiger partial charge in [-0.2, -0.15) is 4.31 Å². The Hall–Kier alpha value is -2.25. The largest absolute Gasteiger partial charge is 0.352 e. The van der Waals surface area contributed by atoms with Crippen LogP contribution in [0.5, 0.6) is 0 Å². The van der Waals surface area contributed by atoms with Crippen molar-refractivity contribution in [3.8, 4) is 0 Å². The Bertz CT molecular complexity index is 879. The third-order valence-corrected chi connectivity index (χ3v) is 6.78. The van der Waals surface area contributed by atoms with Crippen molar-refractivity contribution in [3.63, 3.8) is 0 Å². The Morgan fingerprint density at radius 3 is 2.33 bits per heavy atom. The predicted molar refractivity (Wildman–Crippen MR) is 101 cm³/mol. The monoisotopic (exact) mass is 390 g/mol. The first-order valence-electron chi connectivity index (χ1n) is 9.02. The minimum atomic E-state index is -3.47. The highest BCUT2D eigenvalue weighted by Crippen LogP contribution is 2.25. The molecule has 1 aliphatic heterocycles. The van der Waals surface area contributed by atoms with Crippen molar-refractivity contribution in [1.82, 2.24) is 9.62 Å². The van der Waals surface area contributed by atoms with Crippen molar-refractivity contribution in [2.75, 3.05) is 13.1 Å². The van der Waals surface area contributed by atoms with Gasteiger partial charge in [0.1, 0.15) is 5.82 Å². The van der Waals surface area contributed by atoms with Crippen molar-refractivity contribution in [2.24, 2.45) is 5.92 Å². The molecule has 3 rings (SSSR count). The highest BCUT2D eigenvalue weighted by atomic mass is 32.2. The quantitative estimate of drug-likeness (QED) is 0.825. The van der Waals surface area contributed by atoms with Crippen LogP contribution >= 0.6 is 0 Å². The van der Waals surface area contributed by atoms with Gasteiger partial charge in [-0.05, 0) is 37.0 Å². The lowest BCUT2D eigenvalue weighted by molar-refractivity contribution is -0.122. The average Bonchev–Trinajstić information content (AvgIpc) is 2.68. The van der Waals surface area contributed by atoms with E-state index in [9.17, 15) is 17.6 Å². The molecule has 5 nitrogen and oxygen atoms in total. The molecule has 1 saturated heterocycles. The van der Waals surface area contributed by atoms with Crippen LogP contribution in [-0.4, -0.2) is 31.7 Å². The lowest BCUT2D eigenvalue weighted by Crippen LogP contribution is -2.39. The number of carbonyl (C=O) groups excluding carboxylic acids is 1. The highest BCUT2D eigenvalue weighted by Gasteiger charge is 2.29. The van der Waals surface area contributed by atoms with Crippen LogP contribution in [0.4, 0.5) is 4.39 Å². The van der Waals surface area contributed by atoms with Crippen LogP contribution in [0.25, 0.3) is 0 Å². The first-order valence-corrected chi connectivity index (χ1v) is 10.5. The zero-order valence-electron chi connectivity index (χ0n) is 15.0. The van der Waals surface area contributed by atoms with Crippen LogP contribution in [0.1, 0.15) is 24.8 Å². The summed E-state index contributed by atoms with van der Waals surface area (Å²) in [6.45, 7) is 0.970. The van der Waals surface area contributed by atoms with Crippen molar-refractivity contribution in [3.05, 3.63) is 66.0 Å². The third kappa shape index (κ3) is 4.93. The van der Waals surface area contributed by atoms with Crippen LogP contribution in [0.2, 0.25) is 0 Å². The average molecular weight is 390 g/mol. The van der Waals surface area contributed by atoms with Gasteiger partial charge in [-0.1, -0.05) is 36.4 Å². The summed E-state index contributed by atoms with van der Waals surface area (Å²) < 4.78 is 40.3. The van der Waals surface area contributed by atoms with Gasteiger partial charge in [0.15, 0.2) is 0 Å². The van der Waals surface area contributed by atoms with Gasteiger partial charge < -0.3 is 5.32 Å². The summed E-state index contributed by atoms with van der Waals surface area (Å²) in [4.78, 5) is 12.4. The third-order valence-electron chi connectivity index (χ3n) is 4.86. The molecule has 27 heavy (non-hydrogen) atoms. The summed E-state index contributed by atoms with van der Waals surface area (Å²) in [5, 5.41) is 2.74. The Morgan fingerprint density at radius 1 is 1.04 bits per heavy atom. The van der Waals surface area contributed by atoms with Crippen molar-refractivity contribution in [2.45, 2.75) is 30.7 Å². The summed E-state index contributed by atoms with van der Waals surface area (Å²) in [6.07, 6.45) is 1.60. The van der Waals surface area contributed by atoms with E-state index in [0.29, 0.717) is 42.8 Å². The van der Waals surface area contributed by atoms with Crippen molar-refractivity contribution >= 4 is 15.9 Å². The predicted octanol–water partition coefficient (Wildman–Crippen LogP) is 2.93. The molecule has 0 saturated carbocycles. The molecule has 0 bridgehead atoms. The van der Waals surface area contributed by atoms with E-state index in [2.05, 4.69) is 5.32 Å². The Kier molecular flexibility index (Phi) is 6.23. The van der Waals surface area contributed by atoms with Crippen LogP contribution < -0.4 is 5.32 Å². The Balaban J connectivity index is 1.48. The maximum Gasteiger partial charge on any atom is 0.243 e. The molecule has 1 aliphatic rings. The lowest BCUT2D eigenvalue weighted by Gasteiger charge is -2.31. The second kappa shape index (κ2) is 8.63. The second-order valence-corrected chi connectivity index (χ2v) is 8.67. The van der Waals surface area contributed by atoms with Gasteiger partial charge in [-0.3, -0.25) is 4.79 Å². The number of sulfonamides is 1. The fourth-order valence-corrected chi connectivity index (χ4v) is 4.76. The molecular formula is C20H23FN2O3S. The molecule has 1 amide bonds. The van der Waals surface area contributed by atoms with E-state index in [1.165, 1.54) is 10.4 Å². The fourth-order valence-electron chi connectivity index (χ4n) is 3.27. The molecule has 2 aromatic rings. The summed E-state index contributed by atoms with van der Waals surface area (Å²) in [6, 6.07) is 14.7. The smallest absolute Gasteiger partial charge is 0.243 e. The van der Waals surface area contributed by atoms with E-state index in [0.717, 1.165) is 0 Å². The zero-order valence-corrected chi connectivity index (χ0v) is 15.8. The van der Waals surface area contributed by atoms with Crippen LogP contribution in [0, 0.1) is 11.7 Å². The Labute approximate surface area is 159 Å². The van der Waals surface area contributed by atoms with E-state index in [-0.39, 0.29) is 24.2 Å². The van der Waals surface area contributed by atoms with Gasteiger partial charge >= 0.3 is 0 Å². The normalized spacial score (nSPS) is 16.2. The minimum absolute atomic E-state index is 0.132. The standard InChI is InChI=1S/C20H23FN2O3S/c21-19-9-5-4-6-17(19)15-22-20(24)14-16-10-12-23(13-11-16)27(25,26)18-7-2-1-3-8-18/h1-9,16H,10-15H2,(H,22,24). The number of hydrogen-bond donors (Lipinski definition) is 1. The Morgan fingerprint density at radius 2 is 1.67 bits per heavy atom. The summed E-state index contributed by atoms with van der Waals surface area (Å²) >= 11 is 0. The van der Waals surface area contributed by atoms with Crippen molar-refractivity contribution < 1.29 is 17.6 Å². The van der Waals surface area contributed by atoms with Crippen LogP contribution in [-0.2, 0) is 21.4 Å². The fraction of sp³-hybridized carbons (Fsp3) is 0.350. The van der Waals surface area contributed by atoms with E-state index < -0.39 is 10.0 Å².